The molecular formula is C19H28N4O2. The second kappa shape index (κ2) is 8.45. The molecule has 2 atom stereocenters. The topological polar surface area (TPSA) is 74.3 Å². The van der Waals surface area contributed by atoms with Gasteiger partial charge in [0, 0.05) is 19.0 Å². The number of hydrogen-bond donors (Lipinski definition) is 2. The lowest BCUT2D eigenvalue weighted by Gasteiger charge is -2.32. The molecule has 0 aliphatic carbocycles. The number of aryl methyl sites for hydroxylation is 2. The van der Waals surface area contributed by atoms with Crippen LogP contribution in [-0.2, 0) is 6.42 Å². The molecule has 2 aromatic rings. The molecule has 1 aliphatic heterocycles. The number of aromatic nitrogens is 3. The van der Waals surface area contributed by atoms with E-state index in [0.29, 0.717) is 19.1 Å². The smallest absolute Gasteiger partial charge is 0.155 e. The molecule has 0 saturated carbocycles. The number of rotatable bonds is 7. The van der Waals surface area contributed by atoms with Crippen molar-refractivity contribution in [2.45, 2.75) is 45.1 Å². The molecule has 0 spiro atoms. The first-order valence-electron chi connectivity index (χ1n) is 9.15. The number of H-pyrrole nitrogens is 1. The number of aliphatic hydroxyl groups excluding tert-OH is 1. The zero-order valence-electron chi connectivity index (χ0n) is 15.1. The highest BCUT2D eigenvalue weighted by Crippen LogP contribution is 2.24. The average Bonchev–Trinajstić information content (AvgIpc) is 3.07. The van der Waals surface area contributed by atoms with Crippen LogP contribution in [0.15, 0.2) is 24.3 Å². The third kappa shape index (κ3) is 5.03. The van der Waals surface area contributed by atoms with Gasteiger partial charge in [0.25, 0.3) is 0 Å². The van der Waals surface area contributed by atoms with E-state index in [4.69, 9.17) is 4.74 Å². The van der Waals surface area contributed by atoms with Crippen LogP contribution < -0.4 is 4.74 Å². The monoisotopic (exact) mass is 344 g/mol. The van der Waals surface area contributed by atoms with Gasteiger partial charge in [-0.3, -0.25) is 10.00 Å². The number of aliphatic hydroxyl groups is 1. The Balaban J connectivity index is 1.46. The van der Waals surface area contributed by atoms with E-state index in [1.807, 2.05) is 19.1 Å². The van der Waals surface area contributed by atoms with E-state index >= 15 is 0 Å². The molecule has 1 aromatic carbocycles. The van der Waals surface area contributed by atoms with Crippen molar-refractivity contribution in [3.05, 3.63) is 41.5 Å². The number of benzene rings is 1. The van der Waals surface area contributed by atoms with Gasteiger partial charge in [0.2, 0.25) is 0 Å². The number of β-amino-alcohol motifs (C(OH)–C–C–N with tert-alkyl or cyclic N) is 1. The Hall–Kier alpha value is -1.92. The van der Waals surface area contributed by atoms with Gasteiger partial charge in [-0.05, 0) is 50.4 Å². The van der Waals surface area contributed by atoms with Gasteiger partial charge in [0.1, 0.15) is 24.3 Å². The van der Waals surface area contributed by atoms with Gasteiger partial charge in [0.05, 0.1) is 0 Å². The third-order valence-corrected chi connectivity index (χ3v) is 4.73. The zero-order valence-corrected chi connectivity index (χ0v) is 15.1. The number of hydrogen-bond acceptors (Lipinski definition) is 5. The molecule has 1 saturated heterocycles. The Morgan fingerprint density at radius 3 is 2.84 bits per heavy atom. The van der Waals surface area contributed by atoms with Crippen molar-refractivity contribution in [1.29, 1.82) is 0 Å². The van der Waals surface area contributed by atoms with Gasteiger partial charge in [-0.2, -0.15) is 5.10 Å². The Morgan fingerprint density at radius 2 is 2.16 bits per heavy atom. The van der Waals surface area contributed by atoms with Crippen LogP contribution in [0, 0.1) is 6.92 Å². The highest BCUT2D eigenvalue weighted by Gasteiger charge is 2.25. The van der Waals surface area contributed by atoms with E-state index < -0.39 is 6.10 Å². The summed E-state index contributed by atoms with van der Waals surface area (Å²) in [5.74, 6) is 2.90. The molecule has 0 amide bonds. The summed E-state index contributed by atoms with van der Waals surface area (Å²) in [6.07, 6.45) is 2.72. The first-order valence-corrected chi connectivity index (χ1v) is 9.15. The summed E-state index contributed by atoms with van der Waals surface area (Å²) in [6, 6.07) is 8.06. The van der Waals surface area contributed by atoms with E-state index in [1.54, 1.807) is 0 Å². The molecule has 136 valence electrons. The quantitative estimate of drug-likeness (QED) is 0.806. The Kier molecular flexibility index (Phi) is 6.04. The van der Waals surface area contributed by atoms with Crippen molar-refractivity contribution < 1.29 is 9.84 Å². The van der Waals surface area contributed by atoms with Crippen LogP contribution in [0.5, 0.6) is 5.75 Å². The first kappa shape index (κ1) is 17.9. The second-order valence-corrected chi connectivity index (χ2v) is 6.84. The largest absolute Gasteiger partial charge is 0.491 e. The fourth-order valence-electron chi connectivity index (χ4n) is 3.34. The number of nitrogens with zero attached hydrogens (tertiary/aromatic N) is 3. The number of likely N-dealkylation sites (tertiary alicyclic amines) is 1. The minimum absolute atomic E-state index is 0.312. The lowest BCUT2D eigenvalue weighted by Crippen LogP contribution is -2.41. The van der Waals surface area contributed by atoms with E-state index in [2.05, 4.69) is 39.1 Å². The third-order valence-electron chi connectivity index (χ3n) is 4.73. The molecule has 6 nitrogen and oxygen atoms in total. The predicted molar refractivity (Wildman–Crippen MR) is 96.9 cm³/mol. The maximum atomic E-state index is 10.3. The molecule has 25 heavy (non-hydrogen) atoms. The van der Waals surface area contributed by atoms with Crippen LogP contribution in [0.3, 0.4) is 0 Å². The molecule has 1 aliphatic rings. The fourth-order valence-corrected chi connectivity index (χ4v) is 3.34. The van der Waals surface area contributed by atoms with Crippen LogP contribution >= 0.6 is 0 Å². The molecule has 1 aromatic heterocycles. The molecule has 2 N–H and O–H groups in total. The molecule has 0 bridgehead atoms. The van der Waals surface area contributed by atoms with Crippen LogP contribution in [0.1, 0.15) is 42.9 Å². The summed E-state index contributed by atoms with van der Waals surface area (Å²) in [6.45, 7) is 6.87. The molecule has 6 heteroatoms. The molecule has 0 radical (unpaired) electrons. The summed E-state index contributed by atoms with van der Waals surface area (Å²) >= 11 is 0. The van der Waals surface area contributed by atoms with E-state index in [0.717, 1.165) is 49.8 Å². The molecule has 2 heterocycles. The Labute approximate surface area is 149 Å². The zero-order chi connectivity index (χ0) is 17.6. The van der Waals surface area contributed by atoms with Gasteiger partial charge >= 0.3 is 0 Å². The highest BCUT2D eigenvalue weighted by molar-refractivity contribution is 5.27. The van der Waals surface area contributed by atoms with E-state index in [-0.39, 0.29) is 0 Å². The molecule has 1 fully saturated rings. The van der Waals surface area contributed by atoms with E-state index in [1.165, 1.54) is 5.56 Å². The summed E-state index contributed by atoms with van der Waals surface area (Å²) in [5.41, 5.74) is 1.29. The number of ether oxygens (including phenoxy) is 1. The first-order chi connectivity index (χ1) is 12.1. The van der Waals surface area contributed by atoms with Gasteiger partial charge in [-0.1, -0.05) is 19.1 Å². The van der Waals surface area contributed by atoms with Crippen molar-refractivity contribution >= 4 is 0 Å². The summed E-state index contributed by atoms with van der Waals surface area (Å²) < 4.78 is 5.72. The van der Waals surface area contributed by atoms with Crippen LogP contribution in [-0.4, -0.2) is 57.5 Å². The minimum Gasteiger partial charge on any atom is -0.491 e. The van der Waals surface area contributed by atoms with Gasteiger partial charge < -0.3 is 9.84 Å². The number of aromatic amines is 1. The van der Waals surface area contributed by atoms with Crippen molar-refractivity contribution in [3.8, 4) is 5.75 Å². The maximum Gasteiger partial charge on any atom is 0.155 e. The van der Waals surface area contributed by atoms with Gasteiger partial charge in [-0.25, -0.2) is 4.98 Å². The highest BCUT2D eigenvalue weighted by atomic mass is 16.5. The SMILES string of the molecule is CCc1ccc(OCC(O)CN2CCCC(c3n[nH]c(C)n3)C2)cc1. The lowest BCUT2D eigenvalue weighted by atomic mass is 9.97. The van der Waals surface area contributed by atoms with Crippen molar-refractivity contribution in [2.75, 3.05) is 26.2 Å². The molecule has 3 rings (SSSR count). The lowest BCUT2D eigenvalue weighted by molar-refractivity contribution is 0.0578. The van der Waals surface area contributed by atoms with Gasteiger partial charge in [-0.15, -0.1) is 0 Å². The Morgan fingerprint density at radius 1 is 1.36 bits per heavy atom. The van der Waals surface area contributed by atoms with Crippen LogP contribution in [0.25, 0.3) is 0 Å². The normalized spacial score (nSPS) is 19.7. The fraction of sp³-hybridized carbons (Fsp3) is 0.579. The van der Waals surface area contributed by atoms with Crippen LogP contribution in [0.4, 0.5) is 0 Å². The van der Waals surface area contributed by atoms with Crippen molar-refractivity contribution in [1.82, 2.24) is 20.1 Å². The predicted octanol–water partition coefficient (Wildman–Crippen LogP) is 2.29. The molecule has 2 unspecified atom stereocenters. The standard InChI is InChI=1S/C19H28N4O2/c1-3-15-6-8-18(9-7-15)25-13-17(24)12-23-10-4-5-16(11-23)19-20-14(2)21-22-19/h6-9,16-17,24H,3-5,10-13H2,1-2H3,(H,20,21,22). The van der Waals surface area contributed by atoms with Crippen molar-refractivity contribution in [2.24, 2.45) is 0 Å². The van der Waals surface area contributed by atoms with E-state index in [9.17, 15) is 5.11 Å². The number of nitrogens with one attached hydrogen (secondary N) is 1. The van der Waals surface area contributed by atoms with Crippen LogP contribution in [0.2, 0.25) is 0 Å². The summed E-state index contributed by atoms with van der Waals surface area (Å²) in [7, 11) is 0. The second-order valence-electron chi connectivity index (χ2n) is 6.84. The maximum absolute atomic E-state index is 10.3. The Bertz CT molecular complexity index is 656. The van der Waals surface area contributed by atoms with Gasteiger partial charge in [0.15, 0.2) is 5.82 Å². The summed E-state index contributed by atoms with van der Waals surface area (Å²) in [4.78, 5) is 6.74. The molecular weight excluding hydrogens is 316 g/mol. The number of piperidine rings is 1. The van der Waals surface area contributed by atoms with Crippen molar-refractivity contribution in [3.63, 3.8) is 0 Å². The summed E-state index contributed by atoms with van der Waals surface area (Å²) in [5, 5.41) is 17.5. The average molecular weight is 344 g/mol. The minimum atomic E-state index is -0.501.